The summed E-state index contributed by atoms with van der Waals surface area (Å²) in [4.78, 5) is 22.3. The molecule has 1 rings (SSSR count). The number of isocyanates is 1. The van der Waals surface area contributed by atoms with E-state index in [0.717, 1.165) is 6.08 Å². The molecule has 0 aliphatic carbocycles. The molecule has 0 radical (unpaired) electrons. The van der Waals surface area contributed by atoms with Crippen molar-refractivity contribution in [1.29, 1.82) is 0 Å². The second-order valence-corrected chi connectivity index (χ2v) is 3.19. The summed E-state index contributed by atoms with van der Waals surface area (Å²) in [5.41, 5.74) is -2.91. The van der Waals surface area contributed by atoms with E-state index in [1.54, 1.807) is 0 Å². The Kier molecular flexibility index (Phi) is 3.50. The van der Waals surface area contributed by atoms with Gasteiger partial charge in [0.05, 0.1) is 15.5 Å². The summed E-state index contributed by atoms with van der Waals surface area (Å²) in [7, 11) is 0. The van der Waals surface area contributed by atoms with E-state index in [9.17, 15) is 28.1 Å². The molecule has 90 valence electrons. The lowest BCUT2D eigenvalue weighted by Gasteiger charge is -2.08. The third kappa shape index (κ3) is 2.80. The predicted molar refractivity (Wildman–Crippen MR) is 50.9 cm³/mol. The van der Waals surface area contributed by atoms with Crippen LogP contribution in [0.4, 0.5) is 24.5 Å². The Morgan fingerprint density at radius 1 is 1.41 bits per heavy atom. The molecule has 0 unspecified atom stereocenters. The number of halogens is 4. The molecule has 5 nitrogen and oxygen atoms in total. The van der Waals surface area contributed by atoms with Gasteiger partial charge in [-0.05, 0) is 6.07 Å². The van der Waals surface area contributed by atoms with Crippen LogP contribution in [0.1, 0.15) is 5.56 Å². The number of benzene rings is 1. The highest BCUT2D eigenvalue weighted by Gasteiger charge is 2.36. The van der Waals surface area contributed by atoms with Crippen molar-refractivity contribution in [1.82, 2.24) is 0 Å². The minimum atomic E-state index is -4.83. The first-order valence-electron chi connectivity index (χ1n) is 3.90. The lowest BCUT2D eigenvalue weighted by molar-refractivity contribution is -0.384. The first-order chi connectivity index (χ1) is 7.77. The van der Waals surface area contributed by atoms with Gasteiger partial charge in [-0.25, -0.2) is 4.79 Å². The smallest absolute Gasteiger partial charge is 0.258 e. The van der Waals surface area contributed by atoms with Crippen molar-refractivity contribution in [2.45, 2.75) is 6.18 Å². The van der Waals surface area contributed by atoms with E-state index in [-0.39, 0.29) is 6.07 Å². The van der Waals surface area contributed by atoms with Crippen LogP contribution < -0.4 is 0 Å². The van der Waals surface area contributed by atoms with Crippen LogP contribution in [0.25, 0.3) is 0 Å². The zero-order valence-electron chi connectivity index (χ0n) is 7.79. The first-order valence-corrected chi connectivity index (χ1v) is 4.28. The zero-order valence-corrected chi connectivity index (χ0v) is 8.54. The Hall–Kier alpha value is -1.92. The topological polar surface area (TPSA) is 72.6 Å². The Bertz CT molecular complexity index is 523. The third-order valence-corrected chi connectivity index (χ3v) is 2.05. The summed E-state index contributed by atoms with van der Waals surface area (Å²) in [5, 5.41) is 9.71. The van der Waals surface area contributed by atoms with Gasteiger partial charge < -0.3 is 0 Å². The lowest BCUT2D eigenvalue weighted by atomic mass is 10.1. The molecule has 0 aromatic heterocycles. The second-order valence-electron chi connectivity index (χ2n) is 2.78. The summed E-state index contributed by atoms with van der Waals surface area (Å²) < 4.78 is 37.2. The molecule has 0 spiro atoms. The molecule has 0 saturated carbocycles. The van der Waals surface area contributed by atoms with Gasteiger partial charge in [0.2, 0.25) is 6.08 Å². The molecule has 0 N–H and O–H groups in total. The van der Waals surface area contributed by atoms with Crippen molar-refractivity contribution in [3.8, 4) is 0 Å². The highest BCUT2D eigenvalue weighted by molar-refractivity contribution is 6.31. The van der Waals surface area contributed by atoms with Crippen LogP contribution in [0.3, 0.4) is 0 Å². The number of nitrogens with zero attached hydrogens (tertiary/aromatic N) is 2. The second kappa shape index (κ2) is 4.52. The number of alkyl halides is 3. The zero-order chi connectivity index (χ0) is 13.2. The van der Waals surface area contributed by atoms with E-state index in [2.05, 4.69) is 4.99 Å². The number of nitro benzene ring substituents is 1. The van der Waals surface area contributed by atoms with Gasteiger partial charge in [0.15, 0.2) is 5.69 Å². The van der Waals surface area contributed by atoms with Crippen LogP contribution in [0.15, 0.2) is 17.1 Å². The van der Waals surface area contributed by atoms with Gasteiger partial charge in [-0.15, -0.1) is 0 Å². The minimum Gasteiger partial charge on any atom is -0.258 e. The predicted octanol–water partition coefficient (Wildman–Crippen LogP) is 3.23. The van der Waals surface area contributed by atoms with Crippen LogP contribution in [-0.2, 0) is 11.0 Å². The van der Waals surface area contributed by atoms with Gasteiger partial charge in [-0.2, -0.15) is 18.2 Å². The van der Waals surface area contributed by atoms with Crippen LogP contribution >= 0.6 is 11.6 Å². The number of hydrogen-bond donors (Lipinski definition) is 0. The molecule has 0 amide bonds. The van der Waals surface area contributed by atoms with Crippen molar-refractivity contribution in [2.24, 2.45) is 4.99 Å². The Labute approximate surface area is 96.7 Å². The summed E-state index contributed by atoms with van der Waals surface area (Å²) in [6.45, 7) is 0. The Morgan fingerprint density at radius 3 is 2.41 bits per heavy atom. The molecule has 0 aliphatic heterocycles. The number of carbonyl (C=O) groups excluding carboxylic acids is 1. The fraction of sp³-hybridized carbons (Fsp3) is 0.125. The van der Waals surface area contributed by atoms with Crippen LogP contribution in [-0.4, -0.2) is 11.0 Å². The highest BCUT2D eigenvalue weighted by Crippen LogP contribution is 2.40. The van der Waals surface area contributed by atoms with Crippen molar-refractivity contribution in [2.75, 3.05) is 0 Å². The van der Waals surface area contributed by atoms with Gasteiger partial charge in [0.25, 0.3) is 5.69 Å². The van der Waals surface area contributed by atoms with E-state index in [0.29, 0.717) is 6.07 Å². The highest BCUT2D eigenvalue weighted by atomic mass is 35.5. The molecule has 0 bridgehead atoms. The number of hydrogen-bond acceptors (Lipinski definition) is 4. The van der Waals surface area contributed by atoms with E-state index in [1.165, 1.54) is 0 Å². The van der Waals surface area contributed by atoms with Crippen LogP contribution in [0.2, 0.25) is 5.02 Å². The SMILES string of the molecule is O=C=Nc1cc(Cl)c(C(F)(F)F)cc1[N+](=O)[O-]. The molecule has 0 aliphatic rings. The lowest BCUT2D eigenvalue weighted by Crippen LogP contribution is -2.06. The van der Waals surface area contributed by atoms with Crippen molar-refractivity contribution >= 4 is 29.1 Å². The molecular weight excluding hydrogens is 265 g/mol. The fourth-order valence-corrected chi connectivity index (χ4v) is 1.32. The van der Waals surface area contributed by atoms with Crippen LogP contribution in [0.5, 0.6) is 0 Å². The number of aliphatic imine (C=N–C) groups is 1. The maximum atomic E-state index is 12.4. The van der Waals surface area contributed by atoms with Gasteiger partial charge in [-0.1, -0.05) is 11.6 Å². The average Bonchev–Trinajstić information content (AvgIpc) is 2.15. The monoisotopic (exact) mass is 266 g/mol. The molecule has 17 heavy (non-hydrogen) atoms. The molecule has 9 heteroatoms. The summed E-state index contributed by atoms with van der Waals surface area (Å²) in [6.07, 6.45) is -3.83. The van der Waals surface area contributed by atoms with E-state index in [4.69, 9.17) is 11.6 Å². The Balaban J connectivity index is 3.56. The molecule has 1 aromatic carbocycles. The van der Waals surface area contributed by atoms with Gasteiger partial charge in [0, 0.05) is 6.07 Å². The third-order valence-electron chi connectivity index (χ3n) is 1.73. The standard InChI is InChI=1S/C8H2ClF3N2O3/c9-5-2-6(13-3-15)7(14(16)17)1-4(5)8(10,11)12/h1-2H. The Morgan fingerprint density at radius 2 is 2.00 bits per heavy atom. The number of rotatable bonds is 2. The minimum absolute atomic E-state index is 0.221. The number of nitro groups is 1. The maximum Gasteiger partial charge on any atom is 0.418 e. The van der Waals surface area contributed by atoms with Crippen molar-refractivity contribution < 1.29 is 22.9 Å². The summed E-state index contributed by atoms with van der Waals surface area (Å²) >= 11 is 5.29. The van der Waals surface area contributed by atoms with Crippen LogP contribution in [0, 0.1) is 10.1 Å². The molecule has 0 fully saturated rings. The van der Waals surface area contributed by atoms with Crippen molar-refractivity contribution in [3.63, 3.8) is 0 Å². The van der Waals surface area contributed by atoms with Gasteiger partial charge in [-0.3, -0.25) is 10.1 Å². The molecule has 0 heterocycles. The summed E-state index contributed by atoms with van der Waals surface area (Å²) in [6, 6.07) is 0.811. The largest absolute Gasteiger partial charge is 0.418 e. The molecule has 0 saturated heterocycles. The molecule has 1 aromatic rings. The fourth-order valence-electron chi connectivity index (χ4n) is 1.05. The first kappa shape index (κ1) is 13.1. The van der Waals surface area contributed by atoms with Gasteiger partial charge in [0.1, 0.15) is 0 Å². The molecule has 0 atom stereocenters. The van der Waals surface area contributed by atoms with E-state index < -0.39 is 33.1 Å². The maximum absolute atomic E-state index is 12.4. The summed E-state index contributed by atoms with van der Waals surface area (Å²) in [5.74, 6) is 0. The van der Waals surface area contributed by atoms with Gasteiger partial charge >= 0.3 is 6.18 Å². The van der Waals surface area contributed by atoms with E-state index >= 15 is 0 Å². The normalized spacial score (nSPS) is 10.8. The quantitative estimate of drug-likeness (QED) is 0.357. The molecular formula is C8H2ClF3N2O3. The average molecular weight is 267 g/mol. The van der Waals surface area contributed by atoms with E-state index in [1.807, 2.05) is 0 Å². The van der Waals surface area contributed by atoms with Crippen molar-refractivity contribution in [3.05, 3.63) is 32.8 Å².